The summed E-state index contributed by atoms with van der Waals surface area (Å²) in [6.45, 7) is 0.291. The van der Waals surface area contributed by atoms with Crippen LogP contribution in [0.3, 0.4) is 0 Å². The molecule has 1 saturated heterocycles. The Morgan fingerprint density at radius 3 is 2.56 bits per heavy atom. The third kappa shape index (κ3) is 4.76. The van der Waals surface area contributed by atoms with Crippen molar-refractivity contribution in [1.82, 2.24) is 10.3 Å². The number of amides is 1. The Morgan fingerprint density at radius 1 is 1.20 bits per heavy atom. The molecule has 1 unspecified atom stereocenters. The first-order valence-electron chi connectivity index (χ1n) is 7.87. The number of hydrogen-bond acceptors (Lipinski definition) is 5. The van der Waals surface area contributed by atoms with Crippen LogP contribution in [0, 0.1) is 5.82 Å². The van der Waals surface area contributed by atoms with Gasteiger partial charge in [0.25, 0.3) is 5.91 Å². The molecule has 0 spiro atoms. The maximum atomic E-state index is 12.8. The minimum atomic E-state index is -2.95. The lowest BCUT2D eigenvalue weighted by atomic mass is 10.2. The van der Waals surface area contributed by atoms with E-state index >= 15 is 0 Å². The van der Waals surface area contributed by atoms with E-state index in [1.165, 1.54) is 18.3 Å². The standard InChI is InChI=1S/C17H18FN3O3S/c18-14-4-1-12(2-5-14)9-20-17(22)13-3-6-16(19-10-13)21-15-7-8-25(23,24)11-15/h1-6,10,15H,7-9,11H2,(H,19,21)(H,20,22). The van der Waals surface area contributed by atoms with Gasteiger partial charge in [-0.05, 0) is 36.2 Å². The first-order valence-corrected chi connectivity index (χ1v) is 9.69. The highest BCUT2D eigenvalue weighted by Gasteiger charge is 2.27. The molecule has 0 radical (unpaired) electrons. The van der Waals surface area contributed by atoms with E-state index in [1.54, 1.807) is 24.3 Å². The van der Waals surface area contributed by atoms with Gasteiger partial charge >= 0.3 is 0 Å². The molecule has 0 saturated carbocycles. The number of nitrogens with one attached hydrogen (secondary N) is 2. The molecule has 2 heterocycles. The average molecular weight is 363 g/mol. The average Bonchev–Trinajstić information content (AvgIpc) is 2.93. The highest BCUT2D eigenvalue weighted by molar-refractivity contribution is 7.91. The van der Waals surface area contributed by atoms with Gasteiger partial charge in [-0.2, -0.15) is 0 Å². The van der Waals surface area contributed by atoms with Crippen LogP contribution in [0.15, 0.2) is 42.6 Å². The molecule has 2 aromatic rings. The molecule has 0 bridgehead atoms. The lowest BCUT2D eigenvalue weighted by Gasteiger charge is -2.11. The van der Waals surface area contributed by atoms with Crippen molar-refractivity contribution in [2.24, 2.45) is 0 Å². The molecule has 1 aromatic heterocycles. The number of hydrogen-bond donors (Lipinski definition) is 2. The number of aromatic nitrogens is 1. The molecular weight excluding hydrogens is 345 g/mol. The minimum absolute atomic E-state index is 0.106. The van der Waals surface area contributed by atoms with Crippen molar-refractivity contribution in [3.8, 4) is 0 Å². The summed E-state index contributed by atoms with van der Waals surface area (Å²) >= 11 is 0. The fraction of sp³-hybridized carbons (Fsp3) is 0.294. The van der Waals surface area contributed by atoms with E-state index in [2.05, 4.69) is 15.6 Å². The third-order valence-corrected chi connectivity index (χ3v) is 5.74. The number of carbonyl (C=O) groups is 1. The first kappa shape index (κ1) is 17.3. The molecule has 1 aliphatic rings. The van der Waals surface area contributed by atoms with Crippen molar-refractivity contribution in [2.75, 3.05) is 16.8 Å². The topological polar surface area (TPSA) is 88.2 Å². The van der Waals surface area contributed by atoms with Gasteiger partial charge in [0, 0.05) is 18.8 Å². The Kier molecular flexibility index (Phi) is 4.98. The van der Waals surface area contributed by atoms with Crippen molar-refractivity contribution < 1.29 is 17.6 Å². The largest absolute Gasteiger partial charge is 0.366 e. The van der Waals surface area contributed by atoms with E-state index in [-0.39, 0.29) is 29.3 Å². The van der Waals surface area contributed by atoms with Crippen LogP contribution in [0.1, 0.15) is 22.3 Å². The highest BCUT2D eigenvalue weighted by atomic mass is 32.2. The Morgan fingerprint density at radius 2 is 1.96 bits per heavy atom. The number of nitrogens with zero attached hydrogens (tertiary/aromatic N) is 1. The molecule has 6 nitrogen and oxygen atoms in total. The lowest BCUT2D eigenvalue weighted by molar-refractivity contribution is 0.0950. The zero-order chi connectivity index (χ0) is 17.9. The van der Waals surface area contributed by atoms with E-state index in [4.69, 9.17) is 0 Å². The predicted octanol–water partition coefficient (Wildman–Crippen LogP) is 1.75. The van der Waals surface area contributed by atoms with Crippen LogP contribution in [-0.4, -0.2) is 36.9 Å². The van der Waals surface area contributed by atoms with Crippen LogP contribution >= 0.6 is 0 Å². The van der Waals surface area contributed by atoms with Crippen molar-refractivity contribution in [2.45, 2.75) is 19.0 Å². The summed E-state index contributed by atoms with van der Waals surface area (Å²) < 4.78 is 35.7. The Labute approximate surface area is 145 Å². The molecule has 3 rings (SSSR count). The highest BCUT2D eigenvalue weighted by Crippen LogP contribution is 2.16. The number of sulfone groups is 1. The van der Waals surface area contributed by atoms with Crippen molar-refractivity contribution >= 4 is 21.6 Å². The molecule has 8 heteroatoms. The summed E-state index contributed by atoms with van der Waals surface area (Å²) in [6, 6.07) is 9.03. The Hall–Kier alpha value is -2.48. The summed E-state index contributed by atoms with van der Waals surface area (Å²) in [5.41, 5.74) is 1.19. The van der Waals surface area contributed by atoms with Crippen LogP contribution in [-0.2, 0) is 16.4 Å². The number of pyridine rings is 1. The zero-order valence-corrected chi connectivity index (χ0v) is 14.2. The minimum Gasteiger partial charge on any atom is -0.366 e. The Bertz CT molecular complexity index is 852. The third-order valence-electron chi connectivity index (χ3n) is 3.98. The van der Waals surface area contributed by atoms with Gasteiger partial charge in [-0.25, -0.2) is 17.8 Å². The van der Waals surface area contributed by atoms with Crippen LogP contribution in [0.5, 0.6) is 0 Å². The Balaban J connectivity index is 1.54. The quantitative estimate of drug-likeness (QED) is 0.845. The molecule has 0 aliphatic carbocycles. The second-order valence-electron chi connectivity index (χ2n) is 5.99. The van der Waals surface area contributed by atoms with Gasteiger partial charge in [0.05, 0.1) is 17.1 Å². The molecule has 25 heavy (non-hydrogen) atoms. The second kappa shape index (κ2) is 7.18. The fourth-order valence-electron chi connectivity index (χ4n) is 2.62. The SMILES string of the molecule is O=C(NCc1ccc(F)cc1)c1ccc(NC2CCS(=O)(=O)C2)nc1. The normalized spacial score (nSPS) is 18.7. The van der Waals surface area contributed by atoms with Gasteiger partial charge in [-0.3, -0.25) is 4.79 Å². The van der Waals surface area contributed by atoms with E-state index in [9.17, 15) is 17.6 Å². The number of carbonyl (C=O) groups excluding carboxylic acids is 1. The number of rotatable bonds is 5. The van der Waals surface area contributed by atoms with Crippen molar-refractivity contribution in [3.05, 3.63) is 59.5 Å². The van der Waals surface area contributed by atoms with Crippen molar-refractivity contribution in [3.63, 3.8) is 0 Å². The maximum absolute atomic E-state index is 12.8. The summed E-state index contributed by atoms with van der Waals surface area (Å²) in [5, 5.41) is 5.81. The van der Waals surface area contributed by atoms with Crippen LogP contribution in [0.2, 0.25) is 0 Å². The fourth-order valence-corrected chi connectivity index (χ4v) is 4.29. The summed E-state index contributed by atoms with van der Waals surface area (Å²) in [5.74, 6) is 0.227. The predicted molar refractivity (Wildman–Crippen MR) is 92.5 cm³/mol. The van der Waals surface area contributed by atoms with Crippen molar-refractivity contribution in [1.29, 1.82) is 0 Å². The number of halogens is 1. The summed E-state index contributed by atoms with van der Waals surface area (Å²) in [6.07, 6.45) is 2.00. The van der Waals surface area contributed by atoms with Gasteiger partial charge in [0.2, 0.25) is 0 Å². The molecule has 132 valence electrons. The van der Waals surface area contributed by atoms with Gasteiger partial charge in [-0.15, -0.1) is 0 Å². The molecular formula is C17H18FN3O3S. The van der Waals surface area contributed by atoms with E-state index in [0.29, 0.717) is 24.3 Å². The molecule has 1 fully saturated rings. The number of anilines is 1. The van der Waals surface area contributed by atoms with Crippen LogP contribution in [0.25, 0.3) is 0 Å². The van der Waals surface area contributed by atoms with E-state index in [1.807, 2.05) is 0 Å². The molecule has 2 N–H and O–H groups in total. The summed E-state index contributed by atoms with van der Waals surface area (Å²) in [7, 11) is -2.95. The monoisotopic (exact) mass is 363 g/mol. The molecule has 1 amide bonds. The van der Waals surface area contributed by atoms with Gasteiger partial charge < -0.3 is 10.6 Å². The van der Waals surface area contributed by atoms with Gasteiger partial charge in [-0.1, -0.05) is 12.1 Å². The molecule has 1 atom stereocenters. The van der Waals surface area contributed by atoms with E-state index < -0.39 is 9.84 Å². The number of benzene rings is 1. The zero-order valence-electron chi connectivity index (χ0n) is 13.4. The first-order chi connectivity index (χ1) is 11.9. The molecule has 1 aromatic carbocycles. The van der Waals surface area contributed by atoms with Crippen LogP contribution in [0.4, 0.5) is 10.2 Å². The van der Waals surface area contributed by atoms with E-state index in [0.717, 1.165) is 5.56 Å². The summed E-state index contributed by atoms with van der Waals surface area (Å²) in [4.78, 5) is 16.3. The van der Waals surface area contributed by atoms with Crippen LogP contribution < -0.4 is 10.6 Å². The van der Waals surface area contributed by atoms with Gasteiger partial charge in [0.15, 0.2) is 9.84 Å². The maximum Gasteiger partial charge on any atom is 0.253 e. The second-order valence-corrected chi connectivity index (χ2v) is 8.21. The molecule has 1 aliphatic heterocycles. The smallest absolute Gasteiger partial charge is 0.253 e. The van der Waals surface area contributed by atoms with Gasteiger partial charge in [0.1, 0.15) is 11.6 Å². The lowest BCUT2D eigenvalue weighted by Crippen LogP contribution is -2.24.